The SMILES string of the molecule is Cc1cccc(NC(=O)CN(C)C(C)C(=O)Nc2ccccc2C(=O)c2ccccc2)n1. The van der Waals surface area contributed by atoms with Crippen molar-refractivity contribution in [3.8, 4) is 0 Å². The van der Waals surface area contributed by atoms with Crippen LogP contribution in [-0.4, -0.2) is 47.1 Å². The van der Waals surface area contributed by atoms with E-state index in [1.807, 2.05) is 25.1 Å². The fourth-order valence-corrected chi connectivity index (χ4v) is 3.13. The second-order valence-electron chi connectivity index (χ2n) is 7.53. The molecule has 3 rings (SSSR count). The van der Waals surface area contributed by atoms with Crippen molar-refractivity contribution in [3.63, 3.8) is 0 Å². The number of nitrogens with zero attached hydrogens (tertiary/aromatic N) is 2. The Morgan fingerprint density at radius 1 is 0.906 bits per heavy atom. The van der Waals surface area contributed by atoms with E-state index in [0.717, 1.165) is 5.69 Å². The molecule has 0 aliphatic carbocycles. The summed E-state index contributed by atoms with van der Waals surface area (Å²) in [6.07, 6.45) is 0. The van der Waals surface area contributed by atoms with Crippen molar-refractivity contribution < 1.29 is 14.4 Å². The number of hydrogen-bond donors (Lipinski definition) is 2. The Kier molecular flexibility index (Phi) is 7.46. The lowest BCUT2D eigenvalue weighted by atomic mass is 10.0. The lowest BCUT2D eigenvalue weighted by Gasteiger charge is -2.23. The first-order valence-electron chi connectivity index (χ1n) is 10.3. The van der Waals surface area contributed by atoms with Crippen LogP contribution in [0.3, 0.4) is 0 Å². The van der Waals surface area contributed by atoms with E-state index in [1.54, 1.807) is 73.5 Å². The maximum atomic E-state index is 12.9. The van der Waals surface area contributed by atoms with Gasteiger partial charge in [0.15, 0.2) is 5.78 Å². The summed E-state index contributed by atoms with van der Waals surface area (Å²) in [5.74, 6) is -0.298. The van der Waals surface area contributed by atoms with Gasteiger partial charge in [-0.1, -0.05) is 48.5 Å². The molecule has 0 aliphatic rings. The number of aromatic nitrogens is 1. The van der Waals surface area contributed by atoms with Gasteiger partial charge in [0.05, 0.1) is 18.3 Å². The normalized spacial score (nSPS) is 11.6. The molecule has 1 heterocycles. The van der Waals surface area contributed by atoms with Gasteiger partial charge in [0, 0.05) is 16.8 Å². The Labute approximate surface area is 187 Å². The fourth-order valence-electron chi connectivity index (χ4n) is 3.13. The number of aryl methyl sites for hydroxylation is 1. The summed E-state index contributed by atoms with van der Waals surface area (Å²) in [7, 11) is 1.69. The summed E-state index contributed by atoms with van der Waals surface area (Å²) in [6.45, 7) is 3.55. The standard InChI is InChI=1S/C25H26N4O3/c1-17-10-9-15-22(26-17)28-23(30)16-29(3)18(2)25(32)27-21-14-8-7-13-20(21)24(31)19-11-5-4-6-12-19/h4-15,18H,16H2,1-3H3,(H,27,32)(H,26,28,30). The predicted molar refractivity (Wildman–Crippen MR) is 125 cm³/mol. The lowest BCUT2D eigenvalue weighted by molar-refractivity contribution is -0.122. The molecule has 3 aromatic rings. The number of ketones is 1. The summed E-state index contributed by atoms with van der Waals surface area (Å²) >= 11 is 0. The molecule has 0 bridgehead atoms. The summed E-state index contributed by atoms with van der Waals surface area (Å²) in [6, 6.07) is 20.5. The van der Waals surface area contributed by atoms with E-state index < -0.39 is 6.04 Å². The second kappa shape index (κ2) is 10.5. The number of rotatable bonds is 8. The van der Waals surface area contributed by atoms with Crippen molar-refractivity contribution in [3.05, 3.63) is 89.6 Å². The number of nitrogens with one attached hydrogen (secondary N) is 2. The predicted octanol–water partition coefficient (Wildman–Crippen LogP) is 3.52. The zero-order chi connectivity index (χ0) is 23.1. The maximum Gasteiger partial charge on any atom is 0.241 e. The van der Waals surface area contributed by atoms with Crippen LogP contribution in [0.15, 0.2) is 72.8 Å². The van der Waals surface area contributed by atoms with E-state index in [0.29, 0.717) is 22.6 Å². The van der Waals surface area contributed by atoms with Crippen molar-refractivity contribution in [2.24, 2.45) is 0 Å². The van der Waals surface area contributed by atoms with Crippen molar-refractivity contribution in [1.29, 1.82) is 0 Å². The van der Waals surface area contributed by atoms with Crippen LogP contribution < -0.4 is 10.6 Å². The molecule has 7 nitrogen and oxygen atoms in total. The molecule has 164 valence electrons. The molecule has 0 saturated carbocycles. The van der Waals surface area contributed by atoms with E-state index in [2.05, 4.69) is 15.6 Å². The van der Waals surface area contributed by atoms with Gasteiger partial charge >= 0.3 is 0 Å². The second-order valence-corrected chi connectivity index (χ2v) is 7.53. The van der Waals surface area contributed by atoms with Gasteiger partial charge < -0.3 is 10.6 Å². The zero-order valence-electron chi connectivity index (χ0n) is 18.3. The molecule has 32 heavy (non-hydrogen) atoms. The fraction of sp³-hybridized carbons (Fsp3) is 0.200. The molecule has 2 amide bonds. The van der Waals surface area contributed by atoms with Gasteiger partial charge in [0.2, 0.25) is 11.8 Å². The van der Waals surface area contributed by atoms with Gasteiger partial charge in [-0.3, -0.25) is 19.3 Å². The first kappa shape index (κ1) is 22.8. The Morgan fingerprint density at radius 2 is 1.59 bits per heavy atom. The molecule has 7 heteroatoms. The van der Waals surface area contributed by atoms with Crippen LogP contribution >= 0.6 is 0 Å². The number of pyridine rings is 1. The molecule has 2 N–H and O–H groups in total. The summed E-state index contributed by atoms with van der Waals surface area (Å²) in [5.41, 5.74) is 2.18. The summed E-state index contributed by atoms with van der Waals surface area (Å²) in [5, 5.41) is 5.56. The van der Waals surface area contributed by atoms with E-state index in [1.165, 1.54) is 0 Å². The van der Waals surface area contributed by atoms with Crippen LogP contribution in [0.1, 0.15) is 28.5 Å². The van der Waals surface area contributed by atoms with Gasteiger partial charge in [-0.15, -0.1) is 0 Å². The quantitative estimate of drug-likeness (QED) is 0.534. The summed E-state index contributed by atoms with van der Waals surface area (Å²) < 4.78 is 0. The van der Waals surface area contributed by atoms with Gasteiger partial charge in [-0.05, 0) is 45.2 Å². The number of anilines is 2. The smallest absolute Gasteiger partial charge is 0.241 e. The molecule has 2 aromatic carbocycles. The first-order valence-corrected chi connectivity index (χ1v) is 10.3. The van der Waals surface area contributed by atoms with Gasteiger partial charge in [0.1, 0.15) is 5.82 Å². The Morgan fingerprint density at radius 3 is 2.31 bits per heavy atom. The molecule has 0 aliphatic heterocycles. The van der Waals surface area contributed by atoms with Crippen molar-refractivity contribution in [2.75, 3.05) is 24.2 Å². The van der Waals surface area contributed by atoms with Gasteiger partial charge in [0.25, 0.3) is 0 Å². The monoisotopic (exact) mass is 430 g/mol. The van der Waals surface area contributed by atoms with Crippen LogP contribution in [0.2, 0.25) is 0 Å². The van der Waals surface area contributed by atoms with E-state index in [4.69, 9.17) is 0 Å². The van der Waals surface area contributed by atoms with E-state index in [-0.39, 0.29) is 24.1 Å². The van der Waals surface area contributed by atoms with Crippen molar-refractivity contribution in [2.45, 2.75) is 19.9 Å². The largest absolute Gasteiger partial charge is 0.324 e. The highest BCUT2D eigenvalue weighted by atomic mass is 16.2. The van der Waals surface area contributed by atoms with Crippen LogP contribution in [0, 0.1) is 6.92 Å². The molecule has 0 saturated heterocycles. The number of benzene rings is 2. The average Bonchev–Trinajstić information content (AvgIpc) is 2.79. The number of carbonyl (C=O) groups excluding carboxylic acids is 3. The molecule has 0 spiro atoms. The lowest BCUT2D eigenvalue weighted by Crippen LogP contribution is -2.43. The number of hydrogen-bond acceptors (Lipinski definition) is 5. The topological polar surface area (TPSA) is 91.4 Å². The minimum Gasteiger partial charge on any atom is -0.324 e. The minimum atomic E-state index is -0.605. The third-order valence-electron chi connectivity index (χ3n) is 5.05. The third-order valence-corrected chi connectivity index (χ3v) is 5.05. The Balaban J connectivity index is 1.64. The van der Waals surface area contributed by atoms with Crippen LogP contribution in [-0.2, 0) is 9.59 Å². The van der Waals surface area contributed by atoms with Crippen LogP contribution in [0.4, 0.5) is 11.5 Å². The number of carbonyl (C=O) groups is 3. The highest BCUT2D eigenvalue weighted by molar-refractivity contribution is 6.14. The highest BCUT2D eigenvalue weighted by Gasteiger charge is 2.22. The van der Waals surface area contributed by atoms with Crippen LogP contribution in [0.25, 0.3) is 0 Å². The van der Waals surface area contributed by atoms with Gasteiger partial charge in [-0.2, -0.15) is 0 Å². The Bertz CT molecular complexity index is 1110. The molecular formula is C25H26N4O3. The zero-order valence-corrected chi connectivity index (χ0v) is 18.3. The highest BCUT2D eigenvalue weighted by Crippen LogP contribution is 2.20. The van der Waals surface area contributed by atoms with Crippen molar-refractivity contribution in [1.82, 2.24) is 9.88 Å². The van der Waals surface area contributed by atoms with E-state index in [9.17, 15) is 14.4 Å². The Hall–Kier alpha value is -3.84. The molecular weight excluding hydrogens is 404 g/mol. The van der Waals surface area contributed by atoms with Gasteiger partial charge in [-0.25, -0.2) is 4.98 Å². The number of amides is 2. The molecule has 0 fully saturated rings. The van der Waals surface area contributed by atoms with E-state index >= 15 is 0 Å². The van der Waals surface area contributed by atoms with Crippen LogP contribution in [0.5, 0.6) is 0 Å². The number of likely N-dealkylation sites (N-methyl/N-ethyl adjacent to an activating group) is 1. The van der Waals surface area contributed by atoms with Crippen molar-refractivity contribution >= 4 is 29.1 Å². The average molecular weight is 431 g/mol. The summed E-state index contributed by atoms with van der Waals surface area (Å²) in [4.78, 5) is 43.9. The maximum absolute atomic E-state index is 12.9. The first-order chi connectivity index (χ1) is 15.3. The minimum absolute atomic E-state index is 0.00873. The molecule has 1 atom stereocenters. The number of para-hydroxylation sites is 1. The third kappa shape index (κ3) is 5.86. The molecule has 0 radical (unpaired) electrons. The molecule has 1 unspecified atom stereocenters. The molecule has 1 aromatic heterocycles.